The molecule has 2 aromatic heterocycles. The second kappa shape index (κ2) is 8.22. The first-order valence-corrected chi connectivity index (χ1v) is 9.20. The minimum absolute atomic E-state index is 0.000739. The van der Waals surface area contributed by atoms with E-state index < -0.39 is 0 Å². The molecule has 2 fully saturated rings. The summed E-state index contributed by atoms with van der Waals surface area (Å²) < 4.78 is 10.6. The predicted octanol–water partition coefficient (Wildman–Crippen LogP) is 1.27. The van der Waals surface area contributed by atoms with E-state index in [2.05, 4.69) is 26.1 Å². The van der Waals surface area contributed by atoms with Crippen molar-refractivity contribution in [2.24, 2.45) is 0 Å². The molecule has 0 aliphatic carbocycles. The molecule has 27 heavy (non-hydrogen) atoms. The molecular weight excluding hydrogens is 346 g/mol. The van der Waals surface area contributed by atoms with Crippen LogP contribution < -0.4 is 9.80 Å². The summed E-state index contributed by atoms with van der Waals surface area (Å²) in [4.78, 5) is 18.6. The van der Waals surface area contributed by atoms with E-state index in [0.29, 0.717) is 18.8 Å². The van der Waals surface area contributed by atoms with E-state index in [4.69, 9.17) is 9.15 Å². The van der Waals surface area contributed by atoms with Crippen molar-refractivity contribution in [2.75, 3.05) is 62.3 Å². The van der Waals surface area contributed by atoms with Gasteiger partial charge in [0.25, 0.3) is 0 Å². The first kappa shape index (κ1) is 17.5. The summed E-state index contributed by atoms with van der Waals surface area (Å²) in [5.74, 6) is 1.54. The number of morpholine rings is 1. The van der Waals surface area contributed by atoms with Crippen LogP contribution in [0.1, 0.15) is 5.76 Å². The Labute approximate surface area is 158 Å². The second-order valence-electron chi connectivity index (χ2n) is 6.53. The fourth-order valence-electron chi connectivity index (χ4n) is 3.30. The SMILES string of the molecule is O=C(/C=C/c1ccco1)N1CCN(c2cc(N3CCOCC3)cnn2)CC1. The third-order valence-electron chi connectivity index (χ3n) is 4.85. The molecule has 0 aromatic carbocycles. The third-order valence-corrected chi connectivity index (χ3v) is 4.85. The average molecular weight is 369 g/mol. The Bertz CT molecular complexity index is 778. The van der Waals surface area contributed by atoms with E-state index in [-0.39, 0.29) is 5.91 Å². The zero-order chi connectivity index (χ0) is 18.5. The molecule has 2 aliphatic heterocycles. The van der Waals surface area contributed by atoms with Gasteiger partial charge in [0, 0.05) is 51.4 Å². The first-order valence-electron chi connectivity index (χ1n) is 9.20. The molecule has 2 aliphatic rings. The van der Waals surface area contributed by atoms with Gasteiger partial charge in [0.1, 0.15) is 5.76 Å². The molecule has 0 radical (unpaired) electrons. The maximum absolute atomic E-state index is 12.3. The number of hydrogen-bond donors (Lipinski definition) is 0. The zero-order valence-electron chi connectivity index (χ0n) is 15.2. The zero-order valence-corrected chi connectivity index (χ0v) is 15.2. The van der Waals surface area contributed by atoms with E-state index in [1.54, 1.807) is 30.7 Å². The highest BCUT2D eigenvalue weighted by Gasteiger charge is 2.22. The molecule has 0 bridgehead atoms. The predicted molar refractivity (Wildman–Crippen MR) is 102 cm³/mol. The highest BCUT2D eigenvalue weighted by Crippen LogP contribution is 2.21. The van der Waals surface area contributed by atoms with Crippen molar-refractivity contribution in [3.63, 3.8) is 0 Å². The molecule has 1 amide bonds. The van der Waals surface area contributed by atoms with Gasteiger partial charge in [-0.15, -0.1) is 5.10 Å². The Morgan fingerprint density at radius 3 is 2.63 bits per heavy atom. The Morgan fingerprint density at radius 1 is 1.07 bits per heavy atom. The van der Waals surface area contributed by atoms with Crippen LogP contribution >= 0.6 is 0 Å². The molecule has 0 unspecified atom stereocenters. The maximum atomic E-state index is 12.3. The monoisotopic (exact) mass is 369 g/mol. The number of furan rings is 1. The summed E-state index contributed by atoms with van der Waals surface area (Å²) >= 11 is 0. The van der Waals surface area contributed by atoms with Crippen LogP contribution in [0.2, 0.25) is 0 Å². The fourth-order valence-corrected chi connectivity index (χ4v) is 3.30. The van der Waals surface area contributed by atoms with Gasteiger partial charge in [-0.05, 0) is 18.2 Å². The van der Waals surface area contributed by atoms with E-state index in [9.17, 15) is 4.79 Å². The van der Waals surface area contributed by atoms with Crippen LogP contribution in [-0.4, -0.2) is 73.5 Å². The smallest absolute Gasteiger partial charge is 0.246 e. The van der Waals surface area contributed by atoms with Gasteiger partial charge in [0.15, 0.2) is 5.82 Å². The molecule has 8 heteroatoms. The lowest BCUT2D eigenvalue weighted by molar-refractivity contribution is -0.126. The number of amides is 1. The van der Waals surface area contributed by atoms with Crippen molar-refractivity contribution in [3.8, 4) is 0 Å². The molecule has 0 saturated carbocycles. The van der Waals surface area contributed by atoms with Gasteiger partial charge in [-0.3, -0.25) is 4.79 Å². The van der Waals surface area contributed by atoms with Crippen molar-refractivity contribution in [1.29, 1.82) is 0 Å². The average Bonchev–Trinajstić information content (AvgIpc) is 3.27. The summed E-state index contributed by atoms with van der Waals surface area (Å²) in [5.41, 5.74) is 1.07. The van der Waals surface area contributed by atoms with Crippen molar-refractivity contribution >= 4 is 23.5 Å². The molecule has 0 N–H and O–H groups in total. The molecule has 8 nitrogen and oxygen atoms in total. The number of ether oxygens (including phenoxy) is 1. The number of nitrogens with zero attached hydrogens (tertiary/aromatic N) is 5. The fraction of sp³-hybridized carbons (Fsp3) is 0.421. The molecule has 0 atom stereocenters. The van der Waals surface area contributed by atoms with Gasteiger partial charge in [-0.2, -0.15) is 5.10 Å². The van der Waals surface area contributed by atoms with E-state index >= 15 is 0 Å². The molecule has 4 rings (SSSR count). The van der Waals surface area contributed by atoms with Crippen molar-refractivity contribution in [2.45, 2.75) is 0 Å². The van der Waals surface area contributed by atoms with Crippen LogP contribution in [0, 0.1) is 0 Å². The maximum Gasteiger partial charge on any atom is 0.246 e. The normalized spacial score (nSPS) is 18.3. The van der Waals surface area contributed by atoms with Gasteiger partial charge in [-0.25, -0.2) is 0 Å². The number of piperazine rings is 1. The number of carbonyl (C=O) groups excluding carboxylic acids is 1. The number of aromatic nitrogens is 2. The lowest BCUT2D eigenvalue weighted by atomic mass is 10.2. The summed E-state index contributed by atoms with van der Waals surface area (Å²) in [5, 5.41) is 8.46. The summed E-state index contributed by atoms with van der Waals surface area (Å²) in [7, 11) is 0. The van der Waals surface area contributed by atoms with Crippen LogP contribution in [0.5, 0.6) is 0 Å². The van der Waals surface area contributed by atoms with Gasteiger partial charge in [0.2, 0.25) is 5.91 Å². The Kier molecular flexibility index (Phi) is 5.34. The van der Waals surface area contributed by atoms with Gasteiger partial charge in [0.05, 0.1) is 31.4 Å². The Balaban J connectivity index is 1.34. The lowest BCUT2D eigenvalue weighted by Gasteiger charge is -2.35. The van der Waals surface area contributed by atoms with Crippen LogP contribution in [0.25, 0.3) is 6.08 Å². The molecular formula is C19H23N5O3. The Morgan fingerprint density at radius 2 is 1.89 bits per heavy atom. The van der Waals surface area contributed by atoms with Gasteiger partial charge >= 0.3 is 0 Å². The Hall–Kier alpha value is -2.87. The number of carbonyl (C=O) groups is 1. The van der Waals surface area contributed by atoms with E-state index in [0.717, 1.165) is 50.9 Å². The van der Waals surface area contributed by atoms with Gasteiger partial charge < -0.3 is 23.9 Å². The first-order chi connectivity index (χ1) is 13.3. The molecule has 2 aromatic rings. The second-order valence-corrected chi connectivity index (χ2v) is 6.53. The van der Waals surface area contributed by atoms with Gasteiger partial charge in [-0.1, -0.05) is 0 Å². The van der Waals surface area contributed by atoms with Crippen molar-refractivity contribution in [3.05, 3.63) is 42.5 Å². The quantitative estimate of drug-likeness (QED) is 0.751. The molecule has 2 saturated heterocycles. The minimum Gasteiger partial charge on any atom is -0.465 e. The van der Waals surface area contributed by atoms with Crippen LogP contribution in [0.3, 0.4) is 0 Å². The largest absolute Gasteiger partial charge is 0.465 e. The summed E-state index contributed by atoms with van der Waals surface area (Å²) in [6, 6.07) is 5.70. The molecule has 4 heterocycles. The third kappa shape index (κ3) is 4.28. The van der Waals surface area contributed by atoms with E-state index in [1.807, 2.05) is 11.0 Å². The standard InChI is InChI=1S/C19H23N5O3/c25-19(4-3-17-2-1-11-27-17)24-7-5-23(6-8-24)18-14-16(15-20-21-18)22-9-12-26-13-10-22/h1-4,11,14-15H,5-10,12-13H2/b4-3+. The van der Waals surface area contributed by atoms with Crippen molar-refractivity contribution in [1.82, 2.24) is 15.1 Å². The highest BCUT2D eigenvalue weighted by atomic mass is 16.5. The topological polar surface area (TPSA) is 74.9 Å². The van der Waals surface area contributed by atoms with Crippen molar-refractivity contribution < 1.29 is 13.9 Å². The molecule has 142 valence electrons. The number of anilines is 2. The van der Waals surface area contributed by atoms with Crippen LogP contribution in [0.15, 0.2) is 41.2 Å². The highest BCUT2D eigenvalue weighted by molar-refractivity contribution is 5.91. The van der Waals surface area contributed by atoms with E-state index in [1.165, 1.54) is 0 Å². The number of hydrogen-bond acceptors (Lipinski definition) is 7. The number of rotatable bonds is 4. The molecule has 0 spiro atoms. The van der Waals surface area contributed by atoms with Crippen LogP contribution in [0.4, 0.5) is 11.5 Å². The minimum atomic E-state index is -0.000739. The summed E-state index contributed by atoms with van der Waals surface area (Å²) in [6.45, 7) is 6.01. The lowest BCUT2D eigenvalue weighted by Crippen LogP contribution is -2.48. The summed E-state index contributed by atoms with van der Waals surface area (Å²) in [6.07, 6.45) is 6.66. The van der Waals surface area contributed by atoms with Crippen LogP contribution in [-0.2, 0) is 9.53 Å².